The lowest BCUT2D eigenvalue weighted by molar-refractivity contribution is -0.118. The van der Waals surface area contributed by atoms with Crippen molar-refractivity contribution < 1.29 is 4.79 Å². The normalized spacial score (nSPS) is 11.1. The van der Waals surface area contributed by atoms with Crippen molar-refractivity contribution in [2.45, 2.75) is 11.7 Å². The molecule has 2 aromatic carbocycles. The van der Waals surface area contributed by atoms with E-state index in [4.69, 9.17) is 0 Å². The average molecular weight is 429 g/mol. The van der Waals surface area contributed by atoms with E-state index in [1.54, 1.807) is 4.52 Å². The van der Waals surface area contributed by atoms with Gasteiger partial charge in [-0.1, -0.05) is 52.0 Å². The summed E-state index contributed by atoms with van der Waals surface area (Å²) < 4.78 is 2.55. The van der Waals surface area contributed by atoms with Crippen molar-refractivity contribution in [3.63, 3.8) is 0 Å². The summed E-state index contributed by atoms with van der Waals surface area (Å²) in [5.41, 5.74) is 2.46. The number of para-hydroxylation sites is 1. The van der Waals surface area contributed by atoms with Gasteiger partial charge in [0.2, 0.25) is 5.91 Å². The van der Waals surface area contributed by atoms with Crippen LogP contribution < -0.4 is 5.32 Å². The third kappa shape index (κ3) is 3.54. The van der Waals surface area contributed by atoms with Gasteiger partial charge in [-0.3, -0.25) is 4.79 Å². The summed E-state index contributed by atoms with van der Waals surface area (Å²) in [6.07, 6.45) is 0. The van der Waals surface area contributed by atoms with Crippen molar-refractivity contribution in [3.8, 4) is 0 Å². The number of carbonyl (C=O) groups is 1. The quantitative estimate of drug-likeness (QED) is 0.388. The minimum Gasteiger partial charge on any atom is -0.351 e. The molecule has 7 nitrogen and oxygen atoms in total. The molecule has 0 unspecified atom stereocenters. The van der Waals surface area contributed by atoms with Gasteiger partial charge in [-0.05, 0) is 40.3 Å². The van der Waals surface area contributed by atoms with Crippen LogP contribution in [0.15, 0.2) is 58.2 Å². The maximum Gasteiger partial charge on any atom is 0.230 e. The third-order valence-electron chi connectivity index (χ3n) is 3.72. The molecule has 0 spiro atoms. The van der Waals surface area contributed by atoms with E-state index in [-0.39, 0.29) is 11.7 Å². The molecule has 0 saturated heterocycles. The third-order valence-corrected chi connectivity index (χ3v) is 5.15. The number of fused-ring (bicyclic) bond motifs is 3. The van der Waals surface area contributed by atoms with Crippen molar-refractivity contribution in [1.82, 2.24) is 30.3 Å². The number of rotatable bonds is 5. The minimum atomic E-state index is -0.0776. The van der Waals surface area contributed by atoms with E-state index in [0.717, 1.165) is 20.9 Å². The lowest BCUT2D eigenvalue weighted by atomic mass is 10.2. The van der Waals surface area contributed by atoms with Gasteiger partial charge in [0.1, 0.15) is 0 Å². The van der Waals surface area contributed by atoms with Gasteiger partial charge in [0, 0.05) is 16.4 Å². The predicted octanol–water partition coefficient (Wildman–Crippen LogP) is 2.84. The SMILES string of the molecule is O=C(CSc1nc2ccccc2c2nnnn12)NCc1cccc(Br)c1. The number of halogens is 1. The van der Waals surface area contributed by atoms with E-state index in [1.165, 1.54) is 11.8 Å². The number of hydrogen-bond acceptors (Lipinski definition) is 6. The van der Waals surface area contributed by atoms with Gasteiger partial charge in [0.15, 0.2) is 10.8 Å². The minimum absolute atomic E-state index is 0.0776. The second-order valence-corrected chi connectivity index (χ2v) is 7.38. The molecule has 130 valence electrons. The van der Waals surface area contributed by atoms with Crippen LogP contribution in [0.5, 0.6) is 0 Å². The highest BCUT2D eigenvalue weighted by Gasteiger charge is 2.13. The molecule has 26 heavy (non-hydrogen) atoms. The zero-order valence-electron chi connectivity index (χ0n) is 13.5. The van der Waals surface area contributed by atoms with Crippen molar-refractivity contribution in [2.75, 3.05) is 5.75 Å². The molecule has 0 aliphatic heterocycles. The van der Waals surface area contributed by atoms with Gasteiger partial charge in [0.25, 0.3) is 0 Å². The molecule has 0 aliphatic rings. The van der Waals surface area contributed by atoms with Crippen molar-refractivity contribution in [3.05, 3.63) is 58.6 Å². The van der Waals surface area contributed by atoms with Gasteiger partial charge in [0.05, 0.1) is 11.3 Å². The number of aromatic nitrogens is 5. The number of thioether (sulfide) groups is 1. The fourth-order valence-corrected chi connectivity index (χ4v) is 3.73. The predicted molar refractivity (Wildman–Crippen MR) is 103 cm³/mol. The lowest BCUT2D eigenvalue weighted by Crippen LogP contribution is -2.24. The molecule has 0 radical (unpaired) electrons. The Labute approximate surface area is 161 Å². The fraction of sp³-hybridized carbons (Fsp3) is 0.118. The summed E-state index contributed by atoms with van der Waals surface area (Å²) in [5.74, 6) is 0.153. The zero-order valence-corrected chi connectivity index (χ0v) is 15.9. The standard InChI is InChI=1S/C17H13BrN6OS/c18-12-5-3-4-11(8-12)9-19-15(25)10-26-17-20-14-7-2-1-6-13(14)16-21-22-23-24(16)17/h1-8H,9-10H2,(H,19,25). The molecular formula is C17H13BrN6OS. The second-order valence-electron chi connectivity index (χ2n) is 5.52. The molecule has 9 heteroatoms. The van der Waals surface area contributed by atoms with Crippen LogP contribution >= 0.6 is 27.7 Å². The number of benzene rings is 2. The summed E-state index contributed by atoms with van der Waals surface area (Å²) >= 11 is 4.73. The first-order valence-corrected chi connectivity index (χ1v) is 9.59. The smallest absolute Gasteiger partial charge is 0.230 e. The van der Waals surface area contributed by atoms with Crippen molar-refractivity contribution in [2.24, 2.45) is 0 Å². The largest absolute Gasteiger partial charge is 0.351 e. The molecule has 4 rings (SSSR count). The topological polar surface area (TPSA) is 85.1 Å². The molecule has 0 fully saturated rings. The summed E-state index contributed by atoms with van der Waals surface area (Å²) in [5, 5.41) is 16.1. The van der Waals surface area contributed by atoms with Crippen molar-refractivity contribution in [1.29, 1.82) is 0 Å². The highest BCUT2D eigenvalue weighted by Crippen LogP contribution is 2.22. The van der Waals surface area contributed by atoms with Crippen LogP contribution in [-0.2, 0) is 11.3 Å². The van der Waals surface area contributed by atoms with E-state index < -0.39 is 0 Å². The van der Waals surface area contributed by atoms with Crippen LogP contribution in [0.2, 0.25) is 0 Å². The van der Waals surface area contributed by atoms with Crippen LogP contribution in [0.25, 0.3) is 16.6 Å². The highest BCUT2D eigenvalue weighted by molar-refractivity contribution is 9.10. The lowest BCUT2D eigenvalue weighted by Gasteiger charge is -2.07. The molecule has 0 saturated carbocycles. The van der Waals surface area contributed by atoms with Crippen LogP contribution in [0, 0.1) is 0 Å². The molecule has 0 atom stereocenters. The number of carbonyl (C=O) groups excluding carboxylic acids is 1. The molecular weight excluding hydrogens is 416 g/mol. The van der Waals surface area contributed by atoms with Gasteiger partial charge < -0.3 is 5.32 Å². The summed E-state index contributed by atoms with van der Waals surface area (Å²) in [6.45, 7) is 0.476. The molecule has 2 aromatic heterocycles. The van der Waals surface area contributed by atoms with Gasteiger partial charge in [-0.2, -0.15) is 4.52 Å². The van der Waals surface area contributed by atoms with Crippen LogP contribution in [0.3, 0.4) is 0 Å². The Balaban J connectivity index is 1.47. The molecule has 2 heterocycles. The Morgan fingerprint density at radius 3 is 2.96 bits per heavy atom. The molecule has 1 N–H and O–H groups in total. The first-order chi connectivity index (χ1) is 12.7. The van der Waals surface area contributed by atoms with Gasteiger partial charge in [-0.15, -0.1) is 5.10 Å². The molecule has 0 bridgehead atoms. The summed E-state index contributed by atoms with van der Waals surface area (Å²) in [4.78, 5) is 16.8. The van der Waals surface area contributed by atoms with Crippen LogP contribution in [-0.4, -0.2) is 36.7 Å². The zero-order chi connectivity index (χ0) is 17.9. The number of amides is 1. The van der Waals surface area contributed by atoms with Crippen LogP contribution in [0.4, 0.5) is 0 Å². The number of nitrogens with one attached hydrogen (secondary N) is 1. The van der Waals surface area contributed by atoms with E-state index in [9.17, 15) is 4.79 Å². The Morgan fingerprint density at radius 2 is 2.08 bits per heavy atom. The number of hydrogen-bond donors (Lipinski definition) is 1. The van der Waals surface area contributed by atoms with Gasteiger partial charge in [-0.25, -0.2) is 4.98 Å². The van der Waals surface area contributed by atoms with Gasteiger partial charge >= 0.3 is 0 Å². The fourth-order valence-electron chi connectivity index (χ4n) is 2.52. The van der Waals surface area contributed by atoms with E-state index in [2.05, 4.69) is 41.8 Å². The first kappa shape index (κ1) is 16.9. The van der Waals surface area contributed by atoms with E-state index in [0.29, 0.717) is 17.3 Å². The van der Waals surface area contributed by atoms with E-state index >= 15 is 0 Å². The molecule has 1 amide bonds. The monoisotopic (exact) mass is 428 g/mol. The Kier molecular flexibility index (Phi) is 4.81. The molecule has 0 aliphatic carbocycles. The average Bonchev–Trinajstić information content (AvgIpc) is 3.15. The maximum absolute atomic E-state index is 12.2. The summed E-state index contributed by atoms with van der Waals surface area (Å²) in [6, 6.07) is 15.5. The number of tetrazole rings is 1. The second kappa shape index (κ2) is 7.38. The van der Waals surface area contributed by atoms with E-state index in [1.807, 2.05) is 48.5 Å². The summed E-state index contributed by atoms with van der Waals surface area (Å²) in [7, 11) is 0. The first-order valence-electron chi connectivity index (χ1n) is 7.81. The molecule has 4 aromatic rings. The maximum atomic E-state index is 12.2. The van der Waals surface area contributed by atoms with Crippen molar-refractivity contribution >= 4 is 50.1 Å². The Morgan fingerprint density at radius 1 is 1.19 bits per heavy atom. The highest BCUT2D eigenvalue weighted by atomic mass is 79.9. The Bertz CT molecular complexity index is 1100. The Hall–Kier alpha value is -2.52. The van der Waals surface area contributed by atoms with Crippen LogP contribution in [0.1, 0.15) is 5.56 Å². The number of nitrogens with zero attached hydrogens (tertiary/aromatic N) is 5.